The molecule has 0 atom stereocenters. The fraction of sp³-hybridized carbons (Fsp3) is 0.0769. The van der Waals surface area contributed by atoms with Gasteiger partial charge in [0, 0.05) is 11.8 Å². The fourth-order valence-electron chi connectivity index (χ4n) is 1.50. The minimum atomic E-state index is -0.355. The average molecular weight is 228 g/mol. The van der Waals surface area contributed by atoms with Gasteiger partial charge >= 0.3 is 0 Å². The first-order chi connectivity index (χ1) is 8.24. The lowest BCUT2D eigenvalue weighted by Gasteiger charge is -2.07. The van der Waals surface area contributed by atoms with Gasteiger partial charge in [0.1, 0.15) is 17.6 Å². The molecule has 0 aliphatic heterocycles. The maximum atomic E-state index is 13.2. The zero-order chi connectivity index (χ0) is 12.3. The second-order valence-electron chi connectivity index (χ2n) is 3.39. The SMILES string of the molecule is COc1ccc(F)cc1-c1ccc(C#N)cn1. The fourth-order valence-corrected chi connectivity index (χ4v) is 1.50. The summed E-state index contributed by atoms with van der Waals surface area (Å²) in [5.74, 6) is 0.190. The van der Waals surface area contributed by atoms with Crippen molar-refractivity contribution in [2.24, 2.45) is 0 Å². The molecule has 0 unspecified atom stereocenters. The molecule has 17 heavy (non-hydrogen) atoms. The van der Waals surface area contributed by atoms with Crippen LogP contribution in [0.4, 0.5) is 4.39 Å². The Morgan fingerprint density at radius 2 is 2.12 bits per heavy atom. The summed E-state index contributed by atoms with van der Waals surface area (Å²) in [4.78, 5) is 4.10. The molecule has 2 rings (SSSR count). The molecule has 0 aliphatic carbocycles. The van der Waals surface area contributed by atoms with Gasteiger partial charge in [0.25, 0.3) is 0 Å². The zero-order valence-corrected chi connectivity index (χ0v) is 9.14. The second kappa shape index (κ2) is 4.62. The van der Waals surface area contributed by atoms with Crippen molar-refractivity contribution >= 4 is 0 Å². The van der Waals surface area contributed by atoms with Gasteiger partial charge in [0.2, 0.25) is 0 Å². The summed E-state index contributed by atoms with van der Waals surface area (Å²) < 4.78 is 18.3. The maximum Gasteiger partial charge on any atom is 0.128 e. The van der Waals surface area contributed by atoms with Crippen LogP contribution in [0, 0.1) is 17.1 Å². The van der Waals surface area contributed by atoms with E-state index in [4.69, 9.17) is 10.00 Å². The average Bonchev–Trinajstić information content (AvgIpc) is 2.39. The van der Waals surface area contributed by atoms with E-state index in [1.807, 2.05) is 6.07 Å². The highest BCUT2D eigenvalue weighted by atomic mass is 19.1. The quantitative estimate of drug-likeness (QED) is 0.793. The van der Waals surface area contributed by atoms with Crippen LogP contribution in [0.25, 0.3) is 11.3 Å². The van der Waals surface area contributed by atoms with E-state index in [9.17, 15) is 4.39 Å². The van der Waals surface area contributed by atoms with Crippen LogP contribution in [0.15, 0.2) is 36.5 Å². The molecule has 1 aromatic carbocycles. The Hall–Kier alpha value is -2.41. The number of pyridine rings is 1. The molecule has 0 bridgehead atoms. The third-order valence-corrected chi connectivity index (χ3v) is 2.33. The highest BCUT2D eigenvalue weighted by Crippen LogP contribution is 2.29. The van der Waals surface area contributed by atoms with Crippen molar-refractivity contribution < 1.29 is 9.13 Å². The van der Waals surface area contributed by atoms with Crippen LogP contribution >= 0.6 is 0 Å². The van der Waals surface area contributed by atoms with E-state index in [0.717, 1.165) is 0 Å². The van der Waals surface area contributed by atoms with Gasteiger partial charge in [-0.15, -0.1) is 0 Å². The highest BCUT2D eigenvalue weighted by Gasteiger charge is 2.08. The second-order valence-corrected chi connectivity index (χ2v) is 3.39. The largest absolute Gasteiger partial charge is 0.496 e. The summed E-state index contributed by atoms with van der Waals surface area (Å²) in [6.45, 7) is 0. The lowest BCUT2D eigenvalue weighted by atomic mass is 10.1. The zero-order valence-electron chi connectivity index (χ0n) is 9.14. The maximum absolute atomic E-state index is 13.2. The van der Waals surface area contributed by atoms with Gasteiger partial charge in [0.05, 0.1) is 18.4 Å². The number of aromatic nitrogens is 1. The van der Waals surface area contributed by atoms with E-state index < -0.39 is 0 Å². The molecule has 1 aromatic heterocycles. The normalized spacial score (nSPS) is 9.71. The summed E-state index contributed by atoms with van der Waals surface area (Å²) >= 11 is 0. The topological polar surface area (TPSA) is 45.9 Å². The highest BCUT2D eigenvalue weighted by molar-refractivity contribution is 5.67. The van der Waals surface area contributed by atoms with Gasteiger partial charge in [-0.05, 0) is 30.3 Å². The van der Waals surface area contributed by atoms with Gasteiger partial charge in [-0.2, -0.15) is 5.26 Å². The van der Waals surface area contributed by atoms with Gasteiger partial charge in [-0.25, -0.2) is 4.39 Å². The summed E-state index contributed by atoms with van der Waals surface area (Å²) in [7, 11) is 1.51. The van der Waals surface area contributed by atoms with E-state index in [1.165, 1.54) is 25.4 Å². The standard InChI is InChI=1S/C13H9FN2O/c1-17-13-5-3-10(14)6-11(13)12-4-2-9(7-15)8-16-12/h2-6,8H,1H3. The summed E-state index contributed by atoms with van der Waals surface area (Å²) in [6, 6.07) is 9.50. The van der Waals surface area contributed by atoms with Crippen LogP contribution in [0.2, 0.25) is 0 Å². The lowest BCUT2D eigenvalue weighted by molar-refractivity contribution is 0.415. The number of hydrogen-bond donors (Lipinski definition) is 0. The van der Waals surface area contributed by atoms with Crippen molar-refractivity contribution in [2.75, 3.05) is 7.11 Å². The minimum absolute atomic E-state index is 0.355. The predicted molar refractivity (Wildman–Crippen MR) is 60.9 cm³/mol. The van der Waals surface area contributed by atoms with Gasteiger partial charge in [-0.1, -0.05) is 0 Å². The van der Waals surface area contributed by atoms with E-state index in [1.54, 1.807) is 18.2 Å². The number of ether oxygens (including phenoxy) is 1. The van der Waals surface area contributed by atoms with Crippen LogP contribution in [0.5, 0.6) is 5.75 Å². The molecule has 0 N–H and O–H groups in total. The summed E-state index contributed by atoms with van der Waals surface area (Å²) in [6.07, 6.45) is 1.44. The summed E-state index contributed by atoms with van der Waals surface area (Å²) in [5.41, 5.74) is 1.60. The summed E-state index contributed by atoms with van der Waals surface area (Å²) in [5, 5.41) is 8.67. The predicted octanol–water partition coefficient (Wildman–Crippen LogP) is 2.77. The van der Waals surface area contributed by atoms with Gasteiger partial charge < -0.3 is 4.74 Å². The molecule has 0 amide bonds. The van der Waals surface area contributed by atoms with E-state index in [0.29, 0.717) is 22.6 Å². The Balaban J connectivity index is 2.51. The van der Waals surface area contributed by atoms with E-state index in [2.05, 4.69) is 4.98 Å². The number of hydrogen-bond acceptors (Lipinski definition) is 3. The smallest absolute Gasteiger partial charge is 0.128 e. The van der Waals surface area contributed by atoms with Crippen LogP contribution in [0.1, 0.15) is 5.56 Å². The first kappa shape index (κ1) is 11.1. The van der Waals surface area contributed by atoms with Crippen molar-refractivity contribution in [1.82, 2.24) is 4.98 Å². The molecule has 0 fully saturated rings. The number of halogens is 1. The first-order valence-corrected chi connectivity index (χ1v) is 4.94. The molecule has 84 valence electrons. The van der Waals surface area contributed by atoms with E-state index in [-0.39, 0.29) is 5.82 Å². The molecule has 1 heterocycles. The Bertz CT molecular complexity index is 573. The minimum Gasteiger partial charge on any atom is -0.496 e. The number of rotatable bonds is 2. The number of nitriles is 1. The molecule has 0 saturated heterocycles. The van der Waals surface area contributed by atoms with Crippen LogP contribution in [-0.4, -0.2) is 12.1 Å². The Morgan fingerprint density at radius 1 is 1.29 bits per heavy atom. The molecule has 2 aromatic rings. The Kier molecular flexibility index (Phi) is 3.01. The molecule has 0 saturated carbocycles. The van der Waals surface area contributed by atoms with Crippen molar-refractivity contribution in [2.45, 2.75) is 0 Å². The van der Waals surface area contributed by atoms with Crippen molar-refractivity contribution in [3.63, 3.8) is 0 Å². The monoisotopic (exact) mass is 228 g/mol. The van der Waals surface area contributed by atoms with Gasteiger partial charge in [-0.3, -0.25) is 4.98 Å². The molecule has 0 aliphatic rings. The molecule has 4 heteroatoms. The molecular formula is C13H9FN2O. The first-order valence-electron chi connectivity index (χ1n) is 4.94. The molecule has 0 spiro atoms. The lowest BCUT2D eigenvalue weighted by Crippen LogP contribution is -1.91. The Morgan fingerprint density at radius 3 is 2.71 bits per heavy atom. The van der Waals surface area contributed by atoms with Crippen molar-refractivity contribution in [3.8, 4) is 23.1 Å². The molecule has 3 nitrogen and oxygen atoms in total. The Labute approximate surface area is 98.1 Å². The van der Waals surface area contributed by atoms with Crippen molar-refractivity contribution in [1.29, 1.82) is 5.26 Å². The molecular weight excluding hydrogens is 219 g/mol. The van der Waals surface area contributed by atoms with Crippen LogP contribution in [-0.2, 0) is 0 Å². The number of nitrogens with zero attached hydrogens (tertiary/aromatic N) is 2. The number of methoxy groups -OCH3 is 1. The number of benzene rings is 1. The van der Waals surface area contributed by atoms with Crippen LogP contribution < -0.4 is 4.74 Å². The van der Waals surface area contributed by atoms with Crippen LogP contribution in [0.3, 0.4) is 0 Å². The van der Waals surface area contributed by atoms with E-state index >= 15 is 0 Å². The molecule has 0 radical (unpaired) electrons. The van der Waals surface area contributed by atoms with Crippen molar-refractivity contribution in [3.05, 3.63) is 47.9 Å². The third-order valence-electron chi connectivity index (χ3n) is 2.33. The third kappa shape index (κ3) is 2.23. The van der Waals surface area contributed by atoms with Gasteiger partial charge in [0.15, 0.2) is 0 Å².